The first-order valence-corrected chi connectivity index (χ1v) is 12.7. The molecule has 10 heteroatoms. The summed E-state index contributed by atoms with van der Waals surface area (Å²) in [6.45, 7) is 4.63. The van der Waals surface area contributed by atoms with E-state index in [9.17, 15) is 8.42 Å². The molecule has 0 saturated carbocycles. The summed E-state index contributed by atoms with van der Waals surface area (Å²) in [5, 5.41) is 0. The van der Waals surface area contributed by atoms with Gasteiger partial charge in [0.05, 0.1) is 22.3 Å². The lowest BCUT2D eigenvalue weighted by Gasteiger charge is -2.36. The Morgan fingerprint density at radius 3 is 2.46 bits per heavy atom. The van der Waals surface area contributed by atoms with E-state index in [0.29, 0.717) is 36.1 Å². The van der Waals surface area contributed by atoms with Crippen molar-refractivity contribution in [1.82, 2.24) is 24.9 Å². The third-order valence-corrected chi connectivity index (χ3v) is 7.96. The van der Waals surface area contributed by atoms with Crippen molar-refractivity contribution in [3.63, 3.8) is 0 Å². The van der Waals surface area contributed by atoms with E-state index in [-0.39, 0.29) is 10.9 Å². The molecule has 0 N–H and O–H groups in total. The van der Waals surface area contributed by atoms with Crippen LogP contribution < -0.4 is 9.21 Å². The molecule has 0 spiro atoms. The molecule has 0 bridgehead atoms. The maximum Gasteiger partial charge on any atom is 0.264 e. The van der Waals surface area contributed by atoms with E-state index in [1.165, 1.54) is 4.31 Å². The van der Waals surface area contributed by atoms with Gasteiger partial charge < -0.3 is 4.90 Å². The summed E-state index contributed by atoms with van der Waals surface area (Å²) in [5.74, 6) is 1.72. The minimum atomic E-state index is -3.69. The van der Waals surface area contributed by atoms with Gasteiger partial charge in [0.1, 0.15) is 5.82 Å². The number of hydrogen-bond acceptors (Lipinski definition) is 8. The largest absolute Gasteiger partial charge is 0.349 e. The average molecular weight is 488 g/mol. The van der Waals surface area contributed by atoms with Gasteiger partial charge in [0.15, 0.2) is 11.6 Å². The Kier molecular flexibility index (Phi) is 5.89. The molecule has 0 fully saturated rings. The van der Waals surface area contributed by atoms with Crippen molar-refractivity contribution in [3.05, 3.63) is 84.1 Å². The van der Waals surface area contributed by atoms with Crippen molar-refractivity contribution < 1.29 is 8.42 Å². The van der Waals surface area contributed by atoms with Crippen LogP contribution in [0, 0.1) is 6.92 Å². The number of rotatable bonds is 5. The lowest BCUT2D eigenvalue weighted by atomic mass is 9.99. The Morgan fingerprint density at radius 1 is 0.971 bits per heavy atom. The molecule has 0 amide bonds. The molecule has 5 rings (SSSR count). The quantitative estimate of drug-likeness (QED) is 0.421. The topological polar surface area (TPSA) is 105 Å². The van der Waals surface area contributed by atoms with Gasteiger partial charge in [-0.2, -0.15) is 0 Å². The molecule has 4 aromatic rings. The number of aryl methyl sites for hydroxylation is 1. The van der Waals surface area contributed by atoms with E-state index in [0.717, 1.165) is 17.0 Å². The predicted octanol–water partition coefficient (Wildman–Crippen LogP) is 3.59. The van der Waals surface area contributed by atoms with Crippen LogP contribution in [-0.2, 0) is 16.4 Å². The third-order valence-electron chi connectivity index (χ3n) is 6.16. The number of fused-ring (bicyclic) bond motifs is 1. The van der Waals surface area contributed by atoms with Crippen molar-refractivity contribution in [2.45, 2.75) is 31.2 Å². The van der Waals surface area contributed by atoms with Gasteiger partial charge in [-0.05, 0) is 38.1 Å². The zero-order chi connectivity index (χ0) is 24.6. The fraction of sp³-hybridized carbons (Fsp3) is 0.240. The first-order chi connectivity index (χ1) is 16.8. The summed E-state index contributed by atoms with van der Waals surface area (Å²) >= 11 is 0. The molecular weight excluding hydrogens is 462 g/mol. The van der Waals surface area contributed by atoms with Crippen LogP contribution in [0.3, 0.4) is 0 Å². The highest BCUT2D eigenvalue weighted by Gasteiger charge is 2.29. The van der Waals surface area contributed by atoms with Crippen LogP contribution in [0.5, 0.6) is 0 Å². The van der Waals surface area contributed by atoms with E-state index in [2.05, 4.69) is 26.8 Å². The van der Waals surface area contributed by atoms with Crippen molar-refractivity contribution in [3.8, 4) is 11.6 Å². The molecule has 1 atom stereocenters. The molecule has 1 aliphatic rings. The van der Waals surface area contributed by atoms with E-state index < -0.39 is 10.0 Å². The number of pyridine rings is 1. The maximum atomic E-state index is 13.2. The zero-order valence-electron chi connectivity index (χ0n) is 19.7. The molecule has 1 aliphatic heterocycles. The minimum absolute atomic E-state index is 0.0392. The van der Waals surface area contributed by atoms with Crippen LogP contribution in [0.2, 0.25) is 0 Å². The van der Waals surface area contributed by atoms with E-state index in [4.69, 9.17) is 9.97 Å². The summed E-state index contributed by atoms with van der Waals surface area (Å²) in [4.78, 5) is 24.8. The van der Waals surface area contributed by atoms with Gasteiger partial charge >= 0.3 is 0 Å². The second-order valence-corrected chi connectivity index (χ2v) is 10.4. The van der Waals surface area contributed by atoms with Gasteiger partial charge in [-0.3, -0.25) is 4.31 Å². The molecule has 9 nitrogen and oxygen atoms in total. The van der Waals surface area contributed by atoms with Gasteiger partial charge in [-0.15, -0.1) is 0 Å². The van der Waals surface area contributed by atoms with Crippen LogP contribution in [0.4, 0.5) is 11.5 Å². The Morgan fingerprint density at radius 2 is 1.71 bits per heavy atom. The first kappa shape index (κ1) is 22.9. The number of aromatic nitrogens is 5. The summed E-state index contributed by atoms with van der Waals surface area (Å²) in [6.07, 6.45) is 5.87. The number of hydrogen-bond donors (Lipinski definition) is 0. The minimum Gasteiger partial charge on any atom is -0.349 e. The molecule has 178 valence electrons. The average Bonchev–Trinajstić information content (AvgIpc) is 2.89. The second-order valence-electron chi connectivity index (χ2n) is 8.40. The van der Waals surface area contributed by atoms with Crippen LogP contribution in [0.1, 0.15) is 29.9 Å². The van der Waals surface area contributed by atoms with Crippen LogP contribution in [0.15, 0.2) is 72.0 Å². The van der Waals surface area contributed by atoms with E-state index >= 15 is 0 Å². The van der Waals surface area contributed by atoms with Crippen LogP contribution in [0.25, 0.3) is 11.6 Å². The predicted molar refractivity (Wildman–Crippen MR) is 134 cm³/mol. The van der Waals surface area contributed by atoms with Crippen molar-refractivity contribution in [2.75, 3.05) is 22.8 Å². The highest BCUT2D eigenvalue weighted by atomic mass is 32.2. The number of sulfonamides is 1. The summed E-state index contributed by atoms with van der Waals surface area (Å²) in [7, 11) is -2.13. The molecule has 1 unspecified atom stereocenters. The zero-order valence-corrected chi connectivity index (χ0v) is 20.5. The summed E-state index contributed by atoms with van der Waals surface area (Å²) in [5.41, 5.74) is 3.26. The maximum absolute atomic E-state index is 13.2. The monoisotopic (exact) mass is 487 g/mol. The van der Waals surface area contributed by atoms with Gasteiger partial charge in [0.2, 0.25) is 0 Å². The van der Waals surface area contributed by atoms with Crippen molar-refractivity contribution in [1.29, 1.82) is 0 Å². The standard InChI is InChI=1S/C25H25N7O2S/c1-17-14-19(31(3)35(33,34)20-8-5-4-6-9-20)15-23(29-17)32-13-10-22-21(18(32)2)16-28-25(30-22)24-26-11-7-12-27-24/h4-9,11-12,14-16,18H,10,13H2,1-3H3. The molecule has 1 aromatic carbocycles. The lowest BCUT2D eigenvalue weighted by molar-refractivity contribution is 0.594. The molecule has 0 saturated heterocycles. The fourth-order valence-corrected chi connectivity index (χ4v) is 5.45. The highest BCUT2D eigenvalue weighted by Crippen LogP contribution is 2.34. The van der Waals surface area contributed by atoms with Gasteiger partial charge in [-0.1, -0.05) is 18.2 Å². The van der Waals surface area contributed by atoms with Crippen molar-refractivity contribution in [2.24, 2.45) is 0 Å². The lowest BCUT2D eigenvalue weighted by Crippen LogP contribution is -2.36. The SMILES string of the molecule is Cc1cc(N(C)S(=O)(=O)c2ccccc2)cc(N2CCc3nc(-c4ncccn4)ncc3C2C)n1. The molecular formula is C25H25N7O2S. The third kappa shape index (κ3) is 4.32. The highest BCUT2D eigenvalue weighted by molar-refractivity contribution is 7.92. The number of nitrogens with zero attached hydrogens (tertiary/aromatic N) is 7. The summed E-state index contributed by atoms with van der Waals surface area (Å²) < 4.78 is 27.7. The fourth-order valence-electron chi connectivity index (χ4n) is 4.25. The number of benzene rings is 1. The van der Waals surface area contributed by atoms with Gasteiger partial charge in [0, 0.05) is 55.9 Å². The molecule has 0 radical (unpaired) electrons. The van der Waals surface area contributed by atoms with Gasteiger partial charge in [-0.25, -0.2) is 33.3 Å². The molecule has 4 heterocycles. The van der Waals surface area contributed by atoms with Crippen LogP contribution >= 0.6 is 0 Å². The molecule has 35 heavy (non-hydrogen) atoms. The second kappa shape index (κ2) is 9.03. The normalized spacial score (nSPS) is 15.5. The smallest absolute Gasteiger partial charge is 0.264 e. The molecule has 0 aliphatic carbocycles. The Hall–Kier alpha value is -3.92. The van der Waals surface area contributed by atoms with Crippen molar-refractivity contribution >= 4 is 21.5 Å². The van der Waals surface area contributed by atoms with E-state index in [1.807, 2.05) is 19.2 Å². The van der Waals surface area contributed by atoms with E-state index in [1.54, 1.807) is 61.9 Å². The Labute approximate surface area is 204 Å². The number of anilines is 2. The van der Waals surface area contributed by atoms with Crippen LogP contribution in [-0.4, -0.2) is 46.9 Å². The van der Waals surface area contributed by atoms with Gasteiger partial charge in [0.25, 0.3) is 10.0 Å². The molecule has 3 aromatic heterocycles. The first-order valence-electron chi connectivity index (χ1n) is 11.3. The summed E-state index contributed by atoms with van der Waals surface area (Å²) in [6, 6.07) is 13.7. The Bertz CT molecular complexity index is 1460. The Balaban J connectivity index is 1.46.